The second-order valence-corrected chi connectivity index (χ2v) is 11.0. The number of carbonyl (C=O) groups is 2. The third kappa shape index (κ3) is 28.2. The van der Waals surface area contributed by atoms with Gasteiger partial charge in [0.2, 0.25) is 0 Å². The average Bonchev–Trinajstić information content (AvgIpc) is 2.89. The summed E-state index contributed by atoms with van der Waals surface area (Å²) in [6.07, 6.45) is 27.8. The lowest BCUT2D eigenvalue weighted by atomic mass is 10.1. The Balaban J connectivity index is 3.68. The molecule has 0 aliphatic carbocycles. The Morgan fingerprint density at radius 3 is 1.24 bits per heavy atom. The summed E-state index contributed by atoms with van der Waals surface area (Å²) in [5.41, 5.74) is 0. The smallest absolute Gasteiger partial charge is 0.306 e. The monoisotopic (exact) mass is 544 g/mol. The predicted octanol–water partition coefficient (Wildman–Crippen LogP) is 9.65. The van der Waals surface area contributed by atoms with Gasteiger partial charge in [0.1, 0.15) is 6.61 Å². The maximum atomic E-state index is 12.2. The summed E-state index contributed by atoms with van der Waals surface area (Å²) in [4.78, 5) is 24.3. The van der Waals surface area contributed by atoms with E-state index in [4.69, 9.17) is 14.0 Å². The molecule has 37 heavy (non-hydrogen) atoms. The largest absolute Gasteiger partial charge is 0.462 e. The second kappa shape index (κ2) is 29.9. The molecule has 2 unspecified atom stereocenters. The molecule has 0 N–H and O–H groups in total. The van der Waals surface area contributed by atoms with Crippen molar-refractivity contribution in [1.82, 2.24) is 0 Å². The van der Waals surface area contributed by atoms with Gasteiger partial charge in [0.05, 0.1) is 6.61 Å². The highest BCUT2D eigenvalue weighted by Gasteiger charge is 2.17. The van der Waals surface area contributed by atoms with Crippen LogP contribution < -0.4 is 0 Å². The van der Waals surface area contributed by atoms with Crippen LogP contribution in [0.3, 0.4) is 0 Å². The summed E-state index contributed by atoms with van der Waals surface area (Å²) in [5, 5.41) is 0. The minimum atomic E-state index is -0.543. The molecule has 0 aliphatic heterocycles. The summed E-state index contributed by atoms with van der Waals surface area (Å²) in [5.74, 6) is -0.449. The fraction of sp³-hybridized carbons (Fsp3) is 0.935. The van der Waals surface area contributed by atoms with Crippen molar-refractivity contribution in [3.8, 4) is 0 Å². The van der Waals surface area contributed by atoms with Gasteiger partial charge in [-0.05, 0) is 12.8 Å². The SMILES string of the molecule is CCCCCCCCCCCCCC(=O)OCC(COP)OC(=O)CCCCCCCCCCCCC. The highest BCUT2D eigenvalue weighted by Crippen LogP contribution is 2.14. The van der Waals surface area contributed by atoms with Crippen LogP contribution >= 0.6 is 9.47 Å². The first-order valence-corrected chi connectivity index (χ1v) is 16.3. The minimum absolute atomic E-state index is 0.0647. The average molecular weight is 545 g/mol. The molecule has 5 nitrogen and oxygen atoms in total. The molecule has 6 heteroatoms. The molecular formula is C31H61O5P. The van der Waals surface area contributed by atoms with E-state index in [0.717, 1.165) is 25.7 Å². The van der Waals surface area contributed by atoms with Gasteiger partial charge < -0.3 is 14.0 Å². The third-order valence-electron chi connectivity index (χ3n) is 6.98. The summed E-state index contributed by atoms with van der Waals surface area (Å²) >= 11 is 0. The van der Waals surface area contributed by atoms with Crippen molar-refractivity contribution in [3.63, 3.8) is 0 Å². The van der Waals surface area contributed by atoms with E-state index in [2.05, 4.69) is 23.3 Å². The summed E-state index contributed by atoms with van der Waals surface area (Å²) in [7, 11) is 2.17. The number of unbranched alkanes of at least 4 members (excludes halogenated alkanes) is 20. The summed E-state index contributed by atoms with van der Waals surface area (Å²) < 4.78 is 15.9. The first-order valence-electron chi connectivity index (χ1n) is 15.8. The van der Waals surface area contributed by atoms with Crippen molar-refractivity contribution < 1.29 is 23.6 Å². The van der Waals surface area contributed by atoms with Crippen LogP contribution in [0.15, 0.2) is 0 Å². The van der Waals surface area contributed by atoms with E-state index in [9.17, 15) is 9.59 Å². The van der Waals surface area contributed by atoms with Crippen molar-refractivity contribution in [2.75, 3.05) is 13.2 Å². The van der Waals surface area contributed by atoms with Gasteiger partial charge in [-0.25, -0.2) is 0 Å². The van der Waals surface area contributed by atoms with Crippen LogP contribution in [0.2, 0.25) is 0 Å². The molecular weight excluding hydrogens is 483 g/mol. The van der Waals surface area contributed by atoms with Gasteiger partial charge in [-0.3, -0.25) is 9.59 Å². The molecule has 0 fully saturated rings. The molecule has 0 saturated heterocycles. The van der Waals surface area contributed by atoms with Crippen LogP contribution in [0.25, 0.3) is 0 Å². The molecule has 220 valence electrons. The van der Waals surface area contributed by atoms with Gasteiger partial charge >= 0.3 is 11.9 Å². The molecule has 0 rings (SSSR count). The van der Waals surface area contributed by atoms with Gasteiger partial charge in [0.25, 0.3) is 0 Å². The van der Waals surface area contributed by atoms with Crippen LogP contribution in [-0.4, -0.2) is 31.3 Å². The Morgan fingerprint density at radius 2 is 0.865 bits per heavy atom. The summed E-state index contributed by atoms with van der Waals surface area (Å²) in [6.45, 7) is 4.78. The van der Waals surface area contributed by atoms with Crippen LogP contribution in [-0.2, 0) is 23.6 Å². The summed E-state index contributed by atoms with van der Waals surface area (Å²) in [6, 6.07) is 0. The molecule has 0 aromatic rings. The van der Waals surface area contributed by atoms with E-state index in [0.29, 0.717) is 12.8 Å². The highest BCUT2D eigenvalue weighted by molar-refractivity contribution is 7.09. The van der Waals surface area contributed by atoms with Crippen LogP contribution in [0.4, 0.5) is 0 Å². The van der Waals surface area contributed by atoms with E-state index in [1.807, 2.05) is 0 Å². The van der Waals surface area contributed by atoms with E-state index in [-0.39, 0.29) is 25.2 Å². The zero-order valence-corrected chi connectivity index (χ0v) is 25.7. The van der Waals surface area contributed by atoms with Gasteiger partial charge in [-0.1, -0.05) is 142 Å². The first-order chi connectivity index (χ1) is 18.1. The number of carbonyl (C=O) groups excluding carboxylic acids is 2. The zero-order valence-electron chi connectivity index (χ0n) is 24.6. The molecule has 0 radical (unpaired) electrons. The lowest BCUT2D eigenvalue weighted by Gasteiger charge is -2.17. The van der Waals surface area contributed by atoms with E-state index in [1.54, 1.807) is 0 Å². The third-order valence-corrected chi connectivity index (χ3v) is 7.17. The fourth-order valence-electron chi connectivity index (χ4n) is 4.59. The van der Waals surface area contributed by atoms with Gasteiger partial charge in [0, 0.05) is 22.3 Å². The predicted molar refractivity (Wildman–Crippen MR) is 159 cm³/mol. The number of rotatable bonds is 29. The van der Waals surface area contributed by atoms with E-state index >= 15 is 0 Å². The molecule has 0 aromatic heterocycles. The Morgan fingerprint density at radius 1 is 0.514 bits per heavy atom. The zero-order chi connectivity index (χ0) is 27.2. The molecule has 0 aromatic carbocycles. The second-order valence-electron chi connectivity index (χ2n) is 10.7. The Kier molecular flexibility index (Phi) is 29.3. The molecule has 2 atom stereocenters. The van der Waals surface area contributed by atoms with Crippen molar-refractivity contribution in [3.05, 3.63) is 0 Å². The lowest BCUT2D eigenvalue weighted by molar-refractivity contribution is -0.160. The van der Waals surface area contributed by atoms with Crippen molar-refractivity contribution in [2.45, 2.75) is 174 Å². The topological polar surface area (TPSA) is 61.8 Å². The first kappa shape index (κ1) is 36.3. The Labute approximate surface area is 232 Å². The maximum absolute atomic E-state index is 12.2. The standard InChI is InChI=1S/C31H61O5P/c1-3-5-7-9-11-13-15-17-19-21-23-25-30(32)34-27-29(28-35-37)36-31(33)26-24-22-20-18-16-14-12-10-8-6-4-2/h29H,3-28,37H2,1-2H3. The molecule has 0 saturated carbocycles. The van der Waals surface area contributed by atoms with Crippen LogP contribution in [0, 0.1) is 0 Å². The van der Waals surface area contributed by atoms with E-state index < -0.39 is 6.10 Å². The van der Waals surface area contributed by atoms with Crippen LogP contribution in [0.5, 0.6) is 0 Å². The molecule has 0 spiro atoms. The quantitative estimate of drug-likeness (QED) is 0.0533. The van der Waals surface area contributed by atoms with Gasteiger partial charge in [0.15, 0.2) is 6.10 Å². The number of hydrogen-bond acceptors (Lipinski definition) is 5. The van der Waals surface area contributed by atoms with Crippen molar-refractivity contribution >= 4 is 21.4 Å². The number of hydrogen-bond donors (Lipinski definition) is 0. The van der Waals surface area contributed by atoms with E-state index in [1.165, 1.54) is 116 Å². The molecule has 0 amide bonds. The lowest BCUT2D eigenvalue weighted by Crippen LogP contribution is -2.28. The van der Waals surface area contributed by atoms with Crippen molar-refractivity contribution in [1.29, 1.82) is 0 Å². The minimum Gasteiger partial charge on any atom is -0.462 e. The van der Waals surface area contributed by atoms with Gasteiger partial charge in [-0.15, -0.1) is 0 Å². The molecule has 0 bridgehead atoms. The van der Waals surface area contributed by atoms with Crippen LogP contribution in [0.1, 0.15) is 168 Å². The molecule has 0 heterocycles. The van der Waals surface area contributed by atoms with Gasteiger partial charge in [-0.2, -0.15) is 0 Å². The highest BCUT2D eigenvalue weighted by atomic mass is 31.0. The fourth-order valence-corrected chi connectivity index (χ4v) is 4.81. The maximum Gasteiger partial charge on any atom is 0.306 e. The Bertz CT molecular complexity index is 500. The normalized spacial score (nSPS) is 12.0. The number of esters is 2. The molecule has 0 aliphatic rings. The number of ether oxygens (including phenoxy) is 2. The van der Waals surface area contributed by atoms with Crippen molar-refractivity contribution in [2.24, 2.45) is 0 Å². The Hall–Kier alpha value is -0.670.